The number of fused-ring (bicyclic) bond motifs is 2. The van der Waals surface area contributed by atoms with Crippen LogP contribution in [0, 0.1) is 13.0 Å². The highest BCUT2D eigenvalue weighted by Crippen LogP contribution is 2.34. The van der Waals surface area contributed by atoms with Crippen LogP contribution in [0.2, 0.25) is 0 Å². The van der Waals surface area contributed by atoms with Crippen molar-refractivity contribution >= 4 is 16.6 Å². The average Bonchev–Trinajstić information content (AvgIpc) is 2.60. The largest absolute Gasteiger partial charge is 0.380 e. The third-order valence-electron chi connectivity index (χ3n) is 4.66. The summed E-state index contributed by atoms with van der Waals surface area (Å²) in [6.45, 7) is 2.98. The van der Waals surface area contributed by atoms with Gasteiger partial charge in [0.05, 0.1) is 5.52 Å². The number of nitrogens with zero attached hydrogens (tertiary/aromatic N) is 1. The van der Waals surface area contributed by atoms with Crippen molar-refractivity contribution in [2.24, 2.45) is 0 Å². The summed E-state index contributed by atoms with van der Waals surface area (Å²) < 4.78 is 0. The van der Waals surface area contributed by atoms with Gasteiger partial charge in [-0.3, -0.25) is 4.98 Å². The third-order valence-corrected chi connectivity index (χ3v) is 4.66. The first-order valence-corrected chi connectivity index (χ1v) is 8.42. The molecule has 1 heterocycles. The van der Waals surface area contributed by atoms with E-state index >= 15 is 0 Å². The number of hydrogen-bond donors (Lipinski definition) is 1. The van der Waals surface area contributed by atoms with Gasteiger partial charge in [0.25, 0.3) is 0 Å². The lowest BCUT2D eigenvalue weighted by Crippen LogP contribution is -2.11. The van der Waals surface area contributed by atoms with Crippen LogP contribution in [0.3, 0.4) is 0 Å². The Kier molecular flexibility index (Phi) is 3.74. The maximum absolute atomic E-state index is 4.93. The second-order valence-corrected chi connectivity index (χ2v) is 6.41. The van der Waals surface area contributed by atoms with Crippen LogP contribution in [0.15, 0.2) is 42.5 Å². The number of pyridine rings is 1. The maximum Gasteiger partial charge on any atom is 0.0726 e. The fourth-order valence-electron chi connectivity index (χ4n) is 3.47. The van der Waals surface area contributed by atoms with Gasteiger partial charge in [0.1, 0.15) is 0 Å². The first-order chi connectivity index (χ1) is 11.3. The number of aromatic nitrogens is 1. The SMILES string of the molecule is Cc1ccc2nc3c(c(NCc4c[c]ccc4)c2c1)CCCC3. The van der Waals surface area contributed by atoms with Gasteiger partial charge in [0.15, 0.2) is 0 Å². The van der Waals surface area contributed by atoms with Gasteiger partial charge in [-0.05, 0) is 68.0 Å². The van der Waals surface area contributed by atoms with Crippen molar-refractivity contribution in [2.45, 2.75) is 39.2 Å². The molecule has 0 amide bonds. The first-order valence-electron chi connectivity index (χ1n) is 8.42. The minimum absolute atomic E-state index is 0.830. The highest BCUT2D eigenvalue weighted by atomic mass is 14.9. The summed E-state index contributed by atoms with van der Waals surface area (Å²) in [5.74, 6) is 0. The smallest absolute Gasteiger partial charge is 0.0726 e. The number of benzene rings is 2. The van der Waals surface area contributed by atoms with E-state index in [0.717, 1.165) is 24.9 Å². The van der Waals surface area contributed by atoms with Crippen molar-refractivity contribution in [3.05, 3.63) is 70.9 Å². The van der Waals surface area contributed by atoms with E-state index in [9.17, 15) is 0 Å². The number of rotatable bonds is 3. The Morgan fingerprint density at radius 3 is 2.96 bits per heavy atom. The summed E-state index contributed by atoms with van der Waals surface area (Å²) in [6.07, 6.45) is 4.76. The van der Waals surface area contributed by atoms with Crippen molar-refractivity contribution in [3.63, 3.8) is 0 Å². The minimum atomic E-state index is 0.830. The molecule has 2 heteroatoms. The highest BCUT2D eigenvalue weighted by Gasteiger charge is 2.18. The Morgan fingerprint density at radius 2 is 2.09 bits per heavy atom. The molecule has 23 heavy (non-hydrogen) atoms. The Hall–Kier alpha value is -2.35. The lowest BCUT2D eigenvalue weighted by molar-refractivity contribution is 0.672. The molecular weight excluding hydrogens is 280 g/mol. The number of nitrogens with one attached hydrogen (secondary N) is 1. The van der Waals surface area contributed by atoms with E-state index in [2.05, 4.69) is 42.6 Å². The van der Waals surface area contributed by atoms with Crippen molar-refractivity contribution in [1.82, 2.24) is 4.98 Å². The molecule has 0 saturated carbocycles. The molecule has 2 aromatic carbocycles. The van der Waals surface area contributed by atoms with Crippen molar-refractivity contribution in [1.29, 1.82) is 0 Å². The quantitative estimate of drug-likeness (QED) is 0.749. The van der Waals surface area contributed by atoms with E-state index in [4.69, 9.17) is 4.98 Å². The summed E-state index contributed by atoms with van der Waals surface area (Å²) >= 11 is 0. The van der Waals surface area contributed by atoms with Crippen LogP contribution in [0.25, 0.3) is 10.9 Å². The minimum Gasteiger partial charge on any atom is -0.380 e. The van der Waals surface area contributed by atoms with Crippen LogP contribution in [-0.2, 0) is 19.4 Å². The molecule has 1 radical (unpaired) electrons. The van der Waals surface area contributed by atoms with Gasteiger partial charge >= 0.3 is 0 Å². The maximum atomic E-state index is 4.93. The molecule has 0 unspecified atom stereocenters. The van der Waals surface area contributed by atoms with Gasteiger partial charge in [-0.15, -0.1) is 0 Å². The number of anilines is 1. The van der Waals surface area contributed by atoms with E-state index < -0.39 is 0 Å². The predicted octanol–water partition coefficient (Wildman–Crippen LogP) is 4.83. The van der Waals surface area contributed by atoms with Crippen molar-refractivity contribution in [2.75, 3.05) is 5.32 Å². The molecule has 0 saturated heterocycles. The van der Waals surface area contributed by atoms with Crippen LogP contribution in [0.4, 0.5) is 5.69 Å². The van der Waals surface area contributed by atoms with Crippen molar-refractivity contribution < 1.29 is 0 Å². The van der Waals surface area contributed by atoms with Gasteiger partial charge in [-0.25, -0.2) is 0 Å². The molecule has 1 aliphatic rings. The molecule has 0 bridgehead atoms. The second kappa shape index (κ2) is 6.04. The number of aryl methyl sites for hydroxylation is 2. The molecule has 1 aromatic heterocycles. The molecule has 0 atom stereocenters. The first kappa shape index (κ1) is 14.3. The zero-order valence-electron chi connectivity index (χ0n) is 13.5. The summed E-state index contributed by atoms with van der Waals surface area (Å²) in [5, 5.41) is 4.95. The molecule has 4 rings (SSSR count). The molecule has 2 nitrogen and oxygen atoms in total. The Morgan fingerprint density at radius 1 is 1.17 bits per heavy atom. The topological polar surface area (TPSA) is 24.9 Å². The molecule has 0 aliphatic heterocycles. The monoisotopic (exact) mass is 301 g/mol. The van der Waals surface area contributed by atoms with Gasteiger partial charge in [0.2, 0.25) is 0 Å². The second-order valence-electron chi connectivity index (χ2n) is 6.41. The van der Waals surface area contributed by atoms with Gasteiger partial charge < -0.3 is 5.32 Å². The standard InChI is InChI=1S/C21H21N2/c1-15-11-12-20-18(13-15)21(17-9-5-6-10-19(17)23-20)22-14-16-7-3-2-4-8-16/h2-3,7-8,11-13H,5-6,9-10,14H2,1H3,(H,22,23). The molecule has 1 N–H and O–H groups in total. The van der Waals surface area contributed by atoms with Crippen LogP contribution in [0.5, 0.6) is 0 Å². The van der Waals surface area contributed by atoms with Gasteiger partial charge in [0, 0.05) is 23.3 Å². The Balaban J connectivity index is 1.80. The van der Waals surface area contributed by atoms with E-state index in [1.807, 2.05) is 18.2 Å². The van der Waals surface area contributed by atoms with Crippen LogP contribution in [0.1, 0.15) is 35.2 Å². The zero-order chi connectivity index (χ0) is 15.6. The van der Waals surface area contributed by atoms with E-state index in [-0.39, 0.29) is 0 Å². The third kappa shape index (κ3) is 2.81. The van der Waals surface area contributed by atoms with Crippen LogP contribution < -0.4 is 5.32 Å². The summed E-state index contributed by atoms with van der Waals surface area (Å²) in [5.41, 5.74) is 7.65. The van der Waals surface area contributed by atoms with Crippen LogP contribution in [-0.4, -0.2) is 4.98 Å². The fourth-order valence-corrected chi connectivity index (χ4v) is 3.47. The summed E-state index contributed by atoms with van der Waals surface area (Å²) in [7, 11) is 0. The average molecular weight is 301 g/mol. The molecule has 115 valence electrons. The molecule has 3 aromatic rings. The zero-order valence-corrected chi connectivity index (χ0v) is 13.5. The molecule has 0 fully saturated rings. The summed E-state index contributed by atoms with van der Waals surface area (Å²) in [6, 6.07) is 17.9. The highest BCUT2D eigenvalue weighted by molar-refractivity contribution is 5.94. The Bertz CT molecular complexity index is 837. The van der Waals surface area contributed by atoms with Gasteiger partial charge in [-0.1, -0.05) is 29.8 Å². The number of hydrogen-bond acceptors (Lipinski definition) is 2. The fraction of sp³-hybridized carbons (Fsp3) is 0.286. The van der Waals surface area contributed by atoms with E-state index in [1.54, 1.807) is 0 Å². The molecule has 0 spiro atoms. The predicted molar refractivity (Wildman–Crippen MR) is 95.7 cm³/mol. The normalized spacial score (nSPS) is 13.8. The van der Waals surface area contributed by atoms with E-state index in [1.165, 1.54) is 46.3 Å². The lowest BCUT2D eigenvalue weighted by Gasteiger charge is -2.22. The molecule has 1 aliphatic carbocycles. The van der Waals surface area contributed by atoms with Gasteiger partial charge in [-0.2, -0.15) is 0 Å². The van der Waals surface area contributed by atoms with Crippen LogP contribution >= 0.6 is 0 Å². The molecular formula is C21H21N2. The summed E-state index contributed by atoms with van der Waals surface area (Å²) in [4.78, 5) is 4.93. The van der Waals surface area contributed by atoms with Crippen molar-refractivity contribution in [3.8, 4) is 0 Å². The Labute approximate surface area is 137 Å². The lowest BCUT2D eigenvalue weighted by atomic mass is 9.92. The van der Waals surface area contributed by atoms with E-state index in [0.29, 0.717) is 0 Å².